The second-order valence-electron chi connectivity index (χ2n) is 6.16. The molecule has 0 spiro atoms. The lowest BCUT2D eigenvalue weighted by molar-refractivity contribution is 0.0949. The Morgan fingerprint density at radius 2 is 2.19 bits per heavy atom. The van der Waals surface area contributed by atoms with Gasteiger partial charge in [0.2, 0.25) is 0 Å². The predicted molar refractivity (Wildman–Crippen MR) is 107 cm³/mol. The number of carbonyl (C=O) groups excluding carboxylic acids is 1. The largest absolute Gasteiger partial charge is 0.395 e. The minimum Gasteiger partial charge on any atom is -0.395 e. The smallest absolute Gasteiger partial charge is 0.262 e. The van der Waals surface area contributed by atoms with Crippen LogP contribution in [0.4, 0.5) is 5.00 Å². The van der Waals surface area contributed by atoms with Gasteiger partial charge in [-0.3, -0.25) is 4.79 Å². The van der Waals surface area contributed by atoms with Crippen LogP contribution in [0.5, 0.6) is 0 Å². The third-order valence-electron chi connectivity index (χ3n) is 4.30. The molecule has 0 aliphatic carbocycles. The summed E-state index contributed by atoms with van der Waals surface area (Å²) in [6.07, 6.45) is 0. The van der Waals surface area contributed by atoms with E-state index in [0.29, 0.717) is 52.9 Å². The predicted octanol–water partition coefficient (Wildman–Crippen LogP) is 2.81. The molecule has 8 heteroatoms. The Morgan fingerprint density at radius 3 is 2.81 bits per heavy atom. The van der Waals surface area contributed by atoms with Gasteiger partial charge in [0.1, 0.15) is 15.9 Å². The maximum atomic E-state index is 12.7. The van der Waals surface area contributed by atoms with Gasteiger partial charge in [-0.25, -0.2) is 0 Å². The number of hydrogen-bond acceptors (Lipinski definition) is 6. The number of ether oxygens (including phenoxy) is 1. The number of nitrogens with zero attached hydrogens (tertiary/aromatic N) is 2. The molecule has 2 heterocycles. The summed E-state index contributed by atoms with van der Waals surface area (Å²) in [5, 5.41) is 22.8. The van der Waals surface area contributed by atoms with Crippen LogP contribution in [0.3, 0.4) is 0 Å². The lowest BCUT2D eigenvalue weighted by Crippen LogP contribution is -2.36. The molecule has 3 rings (SSSR count). The number of nitriles is 1. The van der Waals surface area contributed by atoms with Crippen molar-refractivity contribution >= 4 is 33.8 Å². The van der Waals surface area contributed by atoms with Crippen LogP contribution in [0.2, 0.25) is 5.02 Å². The molecule has 2 N–H and O–H groups in total. The van der Waals surface area contributed by atoms with E-state index >= 15 is 0 Å². The van der Waals surface area contributed by atoms with Crippen molar-refractivity contribution in [2.45, 2.75) is 6.92 Å². The van der Waals surface area contributed by atoms with E-state index in [4.69, 9.17) is 21.4 Å². The normalized spacial score (nSPS) is 14.1. The molecule has 142 valence electrons. The van der Waals surface area contributed by atoms with Crippen molar-refractivity contribution in [3.8, 4) is 17.2 Å². The molecule has 1 saturated heterocycles. The van der Waals surface area contributed by atoms with E-state index in [1.165, 1.54) is 11.3 Å². The monoisotopic (exact) mass is 405 g/mol. The number of hydrogen-bond donors (Lipinski definition) is 2. The lowest BCUT2D eigenvalue weighted by Gasteiger charge is -2.27. The van der Waals surface area contributed by atoms with Crippen LogP contribution in [0.15, 0.2) is 18.2 Å². The number of benzene rings is 1. The Bertz CT molecular complexity index is 885. The van der Waals surface area contributed by atoms with Gasteiger partial charge in [0, 0.05) is 35.8 Å². The van der Waals surface area contributed by atoms with Crippen LogP contribution in [0.1, 0.15) is 20.8 Å². The third-order valence-corrected chi connectivity index (χ3v) is 5.86. The molecule has 0 radical (unpaired) electrons. The summed E-state index contributed by atoms with van der Waals surface area (Å²) in [5.74, 6) is -0.322. The summed E-state index contributed by atoms with van der Waals surface area (Å²) >= 11 is 7.74. The number of aryl methyl sites for hydroxylation is 1. The molecule has 1 aromatic carbocycles. The van der Waals surface area contributed by atoms with E-state index in [-0.39, 0.29) is 19.1 Å². The van der Waals surface area contributed by atoms with E-state index < -0.39 is 0 Å². The van der Waals surface area contributed by atoms with Gasteiger partial charge in [-0.1, -0.05) is 23.7 Å². The Labute approximate surface area is 166 Å². The zero-order valence-electron chi connectivity index (χ0n) is 14.9. The van der Waals surface area contributed by atoms with Gasteiger partial charge in [-0.15, -0.1) is 11.3 Å². The zero-order chi connectivity index (χ0) is 19.4. The molecule has 2 aromatic rings. The molecule has 6 nitrogen and oxygen atoms in total. The van der Waals surface area contributed by atoms with Crippen molar-refractivity contribution in [3.63, 3.8) is 0 Å². The molecular weight excluding hydrogens is 386 g/mol. The highest BCUT2D eigenvalue weighted by Crippen LogP contribution is 2.44. The van der Waals surface area contributed by atoms with Gasteiger partial charge < -0.3 is 20.1 Å². The van der Waals surface area contributed by atoms with Crippen molar-refractivity contribution in [2.75, 3.05) is 44.4 Å². The minimum absolute atomic E-state index is 0.145. The van der Waals surface area contributed by atoms with Crippen LogP contribution >= 0.6 is 22.9 Å². The number of anilines is 1. The quantitative estimate of drug-likeness (QED) is 0.798. The number of aliphatic hydroxyl groups is 1. The second-order valence-corrected chi connectivity index (χ2v) is 7.57. The summed E-state index contributed by atoms with van der Waals surface area (Å²) in [4.78, 5) is 15.2. The number of rotatable bonds is 5. The summed E-state index contributed by atoms with van der Waals surface area (Å²) < 4.78 is 5.40. The molecule has 1 amide bonds. The average molecular weight is 406 g/mol. The fourth-order valence-electron chi connectivity index (χ4n) is 3.00. The van der Waals surface area contributed by atoms with Crippen LogP contribution in [-0.4, -0.2) is 50.5 Å². The molecule has 0 saturated carbocycles. The summed E-state index contributed by atoms with van der Waals surface area (Å²) in [6.45, 7) is 4.40. The number of thiophene rings is 1. The molecule has 0 atom stereocenters. The maximum absolute atomic E-state index is 12.7. The fourth-order valence-corrected chi connectivity index (χ4v) is 4.56. The Balaban J connectivity index is 2.17. The highest BCUT2D eigenvalue weighted by molar-refractivity contribution is 7.19. The average Bonchev–Trinajstić information content (AvgIpc) is 3.06. The van der Waals surface area contributed by atoms with E-state index in [9.17, 15) is 10.1 Å². The Morgan fingerprint density at radius 1 is 1.44 bits per heavy atom. The van der Waals surface area contributed by atoms with E-state index in [2.05, 4.69) is 16.3 Å². The van der Waals surface area contributed by atoms with Crippen LogP contribution in [0, 0.1) is 18.3 Å². The molecule has 1 aliphatic heterocycles. The maximum Gasteiger partial charge on any atom is 0.262 e. The first-order chi connectivity index (χ1) is 13.1. The molecule has 0 unspecified atom stereocenters. The zero-order valence-corrected chi connectivity index (χ0v) is 16.5. The number of halogens is 1. The molecule has 1 aliphatic rings. The lowest BCUT2D eigenvalue weighted by atomic mass is 10.00. The number of amides is 1. The molecule has 27 heavy (non-hydrogen) atoms. The minimum atomic E-state index is -0.322. The number of carbonyl (C=O) groups is 1. The summed E-state index contributed by atoms with van der Waals surface area (Å²) in [7, 11) is 0. The fraction of sp³-hybridized carbons (Fsp3) is 0.368. The second kappa shape index (κ2) is 8.72. The van der Waals surface area contributed by atoms with E-state index in [0.717, 1.165) is 10.6 Å². The Hall–Kier alpha value is -2.11. The first-order valence-corrected chi connectivity index (χ1v) is 9.81. The van der Waals surface area contributed by atoms with Gasteiger partial charge in [0.05, 0.1) is 25.4 Å². The highest BCUT2D eigenvalue weighted by Gasteiger charge is 2.28. The van der Waals surface area contributed by atoms with Crippen molar-refractivity contribution in [1.82, 2.24) is 5.32 Å². The summed E-state index contributed by atoms with van der Waals surface area (Å²) in [5.41, 5.74) is 2.65. The van der Waals surface area contributed by atoms with Gasteiger partial charge in [-0.05, 0) is 18.6 Å². The molecular formula is C19H20ClN3O3S. The number of aliphatic hydroxyl groups excluding tert-OH is 1. The number of nitrogens with one attached hydrogen (secondary N) is 1. The van der Waals surface area contributed by atoms with E-state index in [1.54, 1.807) is 0 Å². The first-order valence-electron chi connectivity index (χ1n) is 8.62. The molecule has 1 aromatic heterocycles. The van der Waals surface area contributed by atoms with E-state index in [1.807, 2.05) is 25.1 Å². The third kappa shape index (κ3) is 4.09. The SMILES string of the molecule is Cc1ccc(-c2c(C(=O)NCCO)sc(N3CCOCC3)c2C#N)c(Cl)c1. The summed E-state index contributed by atoms with van der Waals surface area (Å²) in [6, 6.07) is 7.84. The number of morpholine rings is 1. The van der Waals surface area contributed by atoms with Crippen molar-refractivity contribution in [1.29, 1.82) is 5.26 Å². The van der Waals surface area contributed by atoms with Crippen molar-refractivity contribution < 1.29 is 14.6 Å². The van der Waals surface area contributed by atoms with Crippen LogP contribution in [-0.2, 0) is 4.74 Å². The van der Waals surface area contributed by atoms with Gasteiger partial charge in [-0.2, -0.15) is 5.26 Å². The Kier molecular flexibility index (Phi) is 6.34. The highest BCUT2D eigenvalue weighted by atomic mass is 35.5. The first kappa shape index (κ1) is 19.6. The van der Waals surface area contributed by atoms with Gasteiger partial charge in [0.15, 0.2) is 0 Å². The topological polar surface area (TPSA) is 85.6 Å². The molecule has 1 fully saturated rings. The van der Waals surface area contributed by atoms with Gasteiger partial charge in [0.25, 0.3) is 5.91 Å². The van der Waals surface area contributed by atoms with Crippen LogP contribution in [0.25, 0.3) is 11.1 Å². The van der Waals surface area contributed by atoms with Crippen LogP contribution < -0.4 is 10.2 Å². The van der Waals surface area contributed by atoms with Crippen molar-refractivity contribution in [3.05, 3.63) is 39.2 Å². The molecule has 0 bridgehead atoms. The van der Waals surface area contributed by atoms with Crippen molar-refractivity contribution in [2.24, 2.45) is 0 Å². The standard InChI is InChI=1S/C19H20ClN3O3S/c1-12-2-3-13(15(20)10-12)16-14(11-21)19(23-5-8-26-9-6-23)27-17(16)18(25)22-4-7-24/h2-3,10,24H,4-9H2,1H3,(H,22,25). The van der Waals surface area contributed by atoms with Gasteiger partial charge >= 0.3 is 0 Å².